The molecule has 1 aromatic heterocycles. The van der Waals surface area contributed by atoms with Crippen LogP contribution in [0.4, 0.5) is 5.69 Å². The molecule has 0 fully saturated rings. The van der Waals surface area contributed by atoms with Crippen LogP contribution in [0.15, 0.2) is 51.8 Å². The van der Waals surface area contributed by atoms with Crippen molar-refractivity contribution >= 4 is 34.5 Å². The van der Waals surface area contributed by atoms with Crippen LogP contribution >= 0.6 is 11.8 Å². The smallest absolute Gasteiger partial charge is 0.256 e. The number of thioether (sulfide) groups is 1. The molecule has 0 atom stereocenters. The molecule has 4 nitrogen and oxygen atoms in total. The van der Waals surface area contributed by atoms with Crippen LogP contribution in [-0.2, 0) is 0 Å². The molecule has 0 aliphatic rings. The fourth-order valence-electron chi connectivity index (χ4n) is 2.15. The number of carbonyl (C=O) groups excluding carboxylic acids is 1. The van der Waals surface area contributed by atoms with Gasteiger partial charge in [0.05, 0.1) is 5.56 Å². The summed E-state index contributed by atoms with van der Waals surface area (Å²) >= 11 is 1.55. The van der Waals surface area contributed by atoms with Crippen LogP contribution in [-0.4, -0.2) is 17.1 Å². The summed E-state index contributed by atoms with van der Waals surface area (Å²) in [6, 6.07) is 13.0. The monoisotopic (exact) mass is 298 g/mol. The van der Waals surface area contributed by atoms with Crippen molar-refractivity contribution in [3.63, 3.8) is 0 Å². The molecule has 21 heavy (non-hydrogen) atoms. The molecule has 0 unspecified atom stereocenters. The number of anilines is 1. The van der Waals surface area contributed by atoms with Gasteiger partial charge in [-0.25, -0.2) is 4.98 Å². The van der Waals surface area contributed by atoms with Crippen LogP contribution in [0.5, 0.6) is 0 Å². The van der Waals surface area contributed by atoms with E-state index in [0.717, 1.165) is 16.0 Å². The number of nitrogens with zero attached hydrogens (tertiary/aromatic N) is 1. The van der Waals surface area contributed by atoms with E-state index in [9.17, 15) is 4.79 Å². The Kier molecular flexibility index (Phi) is 3.66. The fraction of sp³-hybridized carbons (Fsp3) is 0.125. The van der Waals surface area contributed by atoms with E-state index in [2.05, 4.69) is 10.3 Å². The molecule has 0 saturated carbocycles. The highest BCUT2D eigenvalue weighted by Gasteiger charge is 2.11. The average molecular weight is 298 g/mol. The van der Waals surface area contributed by atoms with E-state index in [-0.39, 0.29) is 5.91 Å². The Bertz CT molecular complexity index is 811. The van der Waals surface area contributed by atoms with Gasteiger partial charge in [-0.05, 0) is 36.6 Å². The van der Waals surface area contributed by atoms with Crippen LogP contribution in [0.2, 0.25) is 0 Å². The van der Waals surface area contributed by atoms with Gasteiger partial charge in [-0.1, -0.05) is 12.1 Å². The Morgan fingerprint density at radius 1 is 1.24 bits per heavy atom. The minimum atomic E-state index is -0.125. The number of hydrogen-bond donors (Lipinski definition) is 1. The van der Waals surface area contributed by atoms with Crippen molar-refractivity contribution in [1.82, 2.24) is 4.98 Å². The van der Waals surface area contributed by atoms with Crippen molar-refractivity contribution in [2.24, 2.45) is 0 Å². The SMILES string of the molecule is CSc1ccccc1C(=O)Nc1ccc2oc(C)nc2c1. The van der Waals surface area contributed by atoms with Crippen molar-refractivity contribution in [1.29, 1.82) is 0 Å². The summed E-state index contributed by atoms with van der Waals surface area (Å²) in [5, 5.41) is 2.90. The highest BCUT2D eigenvalue weighted by Crippen LogP contribution is 2.23. The largest absolute Gasteiger partial charge is 0.441 e. The normalized spacial score (nSPS) is 10.8. The lowest BCUT2D eigenvalue weighted by Gasteiger charge is -2.08. The fourth-order valence-corrected chi connectivity index (χ4v) is 2.75. The third-order valence-corrected chi connectivity index (χ3v) is 3.90. The van der Waals surface area contributed by atoms with Gasteiger partial charge in [0.2, 0.25) is 0 Å². The molecule has 0 aliphatic heterocycles. The zero-order valence-corrected chi connectivity index (χ0v) is 12.5. The number of fused-ring (bicyclic) bond motifs is 1. The maximum absolute atomic E-state index is 12.4. The average Bonchev–Trinajstić information content (AvgIpc) is 2.86. The van der Waals surface area contributed by atoms with E-state index >= 15 is 0 Å². The van der Waals surface area contributed by atoms with Crippen molar-refractivity contribution in [3.05, 3.63) is 53.9 Å². The lowest BCUT2D eigenvalue weighted by molar-refractivity contribution is 0.102. The van der Waals surface area contributed by atoms with Crippen molar-refractivity contribution in [3.8, 4) is 0 Å². The summed E-state index contributed by atoms with van der Waals surface area (Å²) in [4.78, 5) is 17.6. The zero-order chi connectivity index (χ0) is 14.8. The molecule has 3 rings (SSSR count). The Morgan fingerprint density at radius 2 is 2.05 bits per heavy atom. The summed E-state index contributed by atoms with van der Waals surface area (Å²) in [5.41, 5.74) is 2.83. The van der Waals surface area contributed by atoms with Gasteiger partial charge < -0.3 is 9.73 Å². The van der Waals surface area contributed by atoms with Gasteiger partial charge in [0, 0.05) is 17.5 Å². The minimum absolute atomic E-state index is 0.125. The summed E-state index contributed by atoms with van der Waals surface area (Å²) in [6.07, 6.45) is 1.95. The predicted molar refractivity (Wildman–Crippen MR) is 84.9 cm³/mol. The van der Waals surface area contributed by atoms with Crippen LogP contribution in [0.3, 0.4) is 0 Å². The van der Waals surface area contributed by atoms with E-state index in [1.54, 1.807) is 18.7 Å². The summed E-state index contributed by atoms with van der Waals surface area (Å²) in [6.45, 7) is 1.80. The van der Waals surface area contributed by atoms with E-state index in [1.807, 2.05) is 48.7 Å². The van der Waals surface area contributed by atoms with Gasteiger partial charge in [-0.2, -0.15) is 0 Å². The maximum Gasteiger partial charge on any atom is 0.256 e. The lowest BCUT2D eigenvalue weighted by Crippen LogP contribution is -2.12. The van der Waals surface area contributed by atoms with Gasteiger partial charge in [0.1, 0.15) is 5.52 Å². The van der Waals surface area contributed by atoms with Crippen LogP contribution in [0.25, 0.3) is 11.1 Å². The Labute approximate surface area is 126 Å². The first-order chi connectivity index (χ1) is 10.2. The number of aromatic nitrogens is 1. The second-order valence-electron chi connectivity index (χ2n) is 4.57. The first kappa shape index (κ1) is 13.7. The number of amides is 1. The number of benzene rings is 2. The first-order valence-electron chi connectivity index (χ1n) is 6.49. The molecular formula is C16H14N2O2S. The zero-order valence-electron chi connectivity index (χ0n) is 11.7. The molecule has 5 heteroatoms. The first-order valence-corrected chi connectivity index (χ1v) is 7.71. The van der Waals surface area contributed by atoms with Crippen molar-refractivity contribution in [2.75, 3.05) is 11.6 Å². The van der Waals surface area contributed by atoms with Gasteiger partial charge >= 0.3 is 0 Å². The molecule has 2 aromatic carbocycles. The quantitative estimate of drug-likeness (QED) is 0.739. The number of rotatable bonds is 3. The molecule has 0 radical (unpaired) electrons. The molecule has 3 aromatic rings. The minimum Gasteiger partial charge on any atom is -0.441 e. The topological polar surface area (TPSA) is 55.1 Å². The lowest BCUT2D eigenvalue weighted by atomic mass is 10.2. The second-order valence-corrected chi connectivity index (χ2v) is 5.42. The summed E-state index contributed by atoms with van der Waals surface area (Å²) in [5.74, 6) is 0.487. The number of carbonyl (C=O) groups is 1. The molecule has 106 valence electrons. The van der Waals surface area contributed by atoms with Crippen molar-refractivity contribution in [2.45, 2.75) is 11.8 Å². The standard InChI is InChI=1S/C16H14N2O2S/c1-10-17-13-9-11(7-8-14(13)20-10)18-16(19)12-5-3-4-6-15(12)21-2/h3-9H,1-2H3,(H,18,19). The van der Waals surface area contributed by atoms with Crippen LogP contribution in [0.1, 0.15) is 16.2 Å². The summed E-state index contributed by atoms with van der Waals surface area (Å²) < 4.78 is 5.42. The highest BCUT2D eigenvalue weighted by atomic mass is 32.2. The second kappa shape index (κ2) is 5.61. The Morgan fingerprint density at radius 3 is 2.86 bits per heavy atom. The van der Waals surface area contributed by atoms with Gasteiger partial charge in [0.15, 0.2) is 11.5 Å². The molecule has 1 amide bonds. The van der Waals surface area contributed by atoms with E-state index in [1.165, 1.54) is 0 Å². The Balaban J connectivity index is 1.88. The number of oxazole rings is 1. The van der Waals surface area contributed by atoms with Gasteiger partial charge in [-0.15, -0.1) is 11.8 Å². The third-order valence-electron chi connectivity index (χ3n) is 3.10. The molecule has 0 aliphatic carbocycles. The van der Waals surface area contributed by atoms with Crippen LogP contribution in [0, 0.1) is 6.92 Å². The molecular weight excluding hydrogens is 284 g/mol. The molecule has 1 heterocycles. The highest BCUT2D eigenvalue weighted by molar-refractivity contribution is 7.98. The number of aryl methyl sites for hydroxylation is 1. The molecule has 0 spiro atoms. The van der Waals surface area contributed by atoms with Crippen molar-refractivity contribution < 1.29 is 9.21 Å². The molecule has 0 saturated heterocycles. The van der Waals surface area contributed by atoms with E-state index in [0.29, 0.717) is 17.1 Å². The predicted octanol–water partition coefficient (Wildman–Crippen LogP) is 4.11. The number of nitrogens with one attached hydrogen (secondary N) is 1. The third kappa shape index (κ3) is 2.78. The molecule has 1 N–H and O–H groups in total. The summed E-state index contributed by atoms with van der Waals surface area (Å²) in [7, 11) is 0. The maximum atomic E-state index is 12.4. The van der Waals surface area contributed by atoms with Gasteiger partial charge in [-0.3, -0.25) is 4.79 Å². The van der Waals surface area contributed by atoms with E-state index < -0.39 is 0 Å². The Hall–Kier alpha value is -2.27. The van der Waals surface area contributed by atoms with Crippen LogP contribution < -0.4 is 5.32 Å². The van der Waals surface area contributed by atoms with E-state index in [4.69, 9.17) is 4.42 Å². The number of hydrogen-bond acceptors (Lipinski definition) is 4. The molecule has 0 bridgehead atoms. The van der Waals surface area contributed by atoms with Gasteiger partial charge in [0.25, 0.3) is 5.91 Å².